The van der Waals surface area contributed by atoms with E-state index in [9.17, 15) is 27.9 Å². The minimum atomic E-state index is -4.80. The van der Waals surface area contributed by atoms with E-state index in [1.165, 1.54) is 24.8 Å². The van der Waals surface area contributed by atoms with Crippen LogP contribution in [0.5, 0.6) is 0 Å². The minimum Gasteiger partial charge on any atom is -0.480 e. The van der Waals surface area contributed by atoms with Crippen LogP contribution >= 0.6 is 0 Å². The summed E-state index contributed by atoms with van der Waals surface area (Å²) in [5, 5.41) is 18.9. The number of halogens is 3. The molecule has 7 nitrogen and oxygen atoms in total. The highest BCUT2D eigenvalue weighted by Crippen LogP contribution is 2.45. The Bertz CT molecular complexity index is 1710. The zero-order valence-corrected chi connectivity index (χ0v) is 25.0. The molecule has 0 aliphatic carbocycles. The van der Waals surface area contributed by atoms with Gasteiger partial charge in [0.2, 0.25) is 5.91 Å². The lowest BCUT2D eigenvalue weighted by atomic mass is 9.77. The van der Waals surface area contributed by atoms with Crippen LogP contribution in [0.2, 0.25) is 0 Å². The molecule has 2 saturated heterocycles. The number of nitrogens with one attached hydrogen (secondary N) is 2. The summed E-state index contributed by atoms with van der Waals surface area (Å²) in [6.07, 6.45) is -0.226. The zero-order valence-electron chi connectivity index (χ0n) is 25.0. The van der Waals surface area contributed by atoms with E-state index in [2.05, 4.69) is 27.7 Å². The fraction of sp³-hybridized carbons (Fsp3) is 0.400. The average molecular weight is 619 g/mol. The molecular formula is C35H37F3N4O3. The third kappa shape index (κ3) is 6.13. The lowest BCUT2D eigenvalue weighted by Gasteiger charge is -2.38. The van der Waals surface area contributed by atoms with Gasteiger partial charge in [0.25, 0.3) is 0 Å². The number of carbonyl (C=O) groups excluding carboxylic acids is 1. The topological polar surface area (TPSA) is 94.6 Å². The van der Waals surface area contributed by atoms with Crippen molar-refractivity contribution in [3.8, 4) is 11.3 Å². The van der Waals surface area contributed by atoms with E-state index in [0.29, 0.717) is 5.56 Å². The van der Waals surface area contributed by atoms with E-state index < -0.39 is 42.4 Å². The number of fused-ring (bicyclic) bond motifs is 2. The smallest absolute Gasteiger partial charge is 0.403 e. The average Bonchev–Trinajstić information content (AvgIpc) is 3.05. The third-order valence-electron chi connectivity index (χ3n) is 9.45. The molecule has 0 spiro atoms. The first kappa shape index (κ1) is 31.0. The number of likely N-dealkylation sites (tertiary alicyclic amines) is 1. The van der Waals surface area contributed by atoms with Crippen LogP contribution in [0, 0.1) is 5.41 Å². The first-order valence-corrected chi connectivity index (χ1v) is 15.6. The van der Waals surface area contributed by atoms with Gasteiger partial charge in [0.05, 0.1) is 5.69 Å². The third-order valence-corrected chi connectivity index (χ3v) is 9.45. The van der Waals surface area contributed by atoms with Crippen molar-refractivity contribution < 1.29 is 27.9 Å². The second kappa shape index (κ2) is 12.8. The van der Waals surface area contributed by atoms with Crippen LogP contribution < -0.4 is 10.6 Å². The minimum absolute atomic E-state index is 0.0265. The van der Waals surface area contributed by atoms with E-state index >= 15 is 0 Å². The number of carbonyl (C=O) groups is 2. The molecule has 10 heteroatoms. The van der Waals surface area contributed by atoms with Crippen LogP contribution in [-0.4, -0.2) is 65.3 Å². The normalized spacial score (nSPS) is 18.1. The van der Waals surface area contributed by atoms with Crippen LogP contribution in [0.1, 0.15) is 43.2 Å². The van der Waals surface area contributed by atoms with Gasteiger partial charge in [-0.3, -0.25) is 14.7 Å². The summed E-state index contributed by atoms with van der Waals surface area (Å²) in [6.45, 7) is 3.04. The molecule has 0 radical (unpaired) electrons. The van der Waals surface area contributed by atoms with Crippen molar-refractivity contribution in [1.29, 1.82) is 0 Å². The summed E-state index contributed by atoms with van der Waals surface area (Å²) in [7, 11) is 0. The lowest BCUT2D eigenvalue weighted by Crippen LogP contribution is -2.58. The van der Waals surface area contributed by atoms with Crippen LogP contribution in [-0.2, 0) is 22.6 Å². The molecule has 0 saturated carbocycles. The largest absolute Gasteiger partial charge is 0.480 e. The van der Waals surface area contributed by atoms with Crippen molar-refractivity contribution in [3.63, 3.8) is 0 Å². The number of carboxylic acids is 1. The maximum absolute atomic E-state index is 14.1. The lowest BCUT2D eigenvalue weighted by molar-refractivity contribution is -0.229. The molecular weight excluding hydrogens is 581 g/mol. The van der Waals surface area contributed by atoms with E-state index in [1.54, 1.807) is 12.1 Å². The summed E-state index contributed by atoms with van der Waals surface area (Å²) in [5.74, 6) is -2.68. The fourth-order valence-corrected chi connectivity index (χ4v) is 6.92. The summed E-state index contributed by atoms with van der Waals surface area (Å²) in [5.41, 5.74) is 0.834. The van der Waals surface area contributed by atoms with Crippen molar-refractivity contribution in [2.24, 2.45) is 5.41 Å². The highest BCUT2D eigenvalue weighted by Gasteiger charge is 2.60. The summed E-state index contributed by atoms with van der Waals surface area (Å²) in [6, 6.07) is 17.9. The molecule has 1 atom stereocenters. The van der Waals surface area contributed by atoms with Gasteiger partial charge < -0.3 is 15.7 Å². The molecule has 6 rings (SSSR count). The molecule has 4 aromatic rings. The van der Waals surface area contributed by atoms with Gasteiger partial charge in [-0.15, -0.1) is 0 Å². The maximum Gasteiger partial charge on any atom is 0.403 e. The second-order valence-corrected chi connectivity index (χ2v) is 12.2. The number of aromatic nitrogens is 1. The first-order chi connectivity index (χ1) is 21.7. The van der Waals surface area contributed by atoms with E-state index in [-0.39, 0.29) is 19.5 Å². The predicted octanol–water partition coefficient (Wildman–Crippen LogP) is 6.08. The molecule has 1 aromatic heterocycles. The standard InChI is InChI=1S/C35H37F3N4O3/c36-35(37,38)34(14-16-39-17-15-34)33(45)41-30(32(43)44)20-23-8-6-12-27-25(23)11-7-13-29(27)31-28-10-3-2-9-26(28)24(21-40-31)22-42-18-4-1-5-19-42/h2-3,6-13,21,30,39H,1,4-5,14-20,22H2,(H,41,45)(H,43,44)/t30-/m0/s1. The van der Waals surface area contributed by atoms with Crippen LogP contribution in [0.25, 0.3) is 32.8 Å². The van der Waals surface area contributed by atoms with Crippen molar-refractivity contribution in [1.82, 2.24) is 20.5 Å². The maximum atomic E-state index is 14.1. The number of hydrogen-bond donors (Lipinski definition) is 3. The Labute approximate surface area is 259 Å². The molecule has 0 bridgehead atoms. The van der Waals surface area contributed by atoms with Gasteiger partial charge in [-0.05, 0) is 79.1 Å². The van der Waals surface area contributed by atoms with E-state index in [1.807, 2.05) is 42.6 Å². The number of aliphatic carboxylic acids is 1. The number of piperidine rings is 2. The SMILES string of the molecule is O=C(O)[C@H](Cc1cccc2c(-c3ncc(CN4CCCCC4)c4ccccc34)cccc12)NC(=O)C1(C(F)(F)F)CCNCC1. The summed E-state index contributed by atoms with van der Waals surface area (Å²) in [4.78, 5) is 32.8. The Kier molecular flexibility index (Phi) is 8.79. The van der Waals surface area contributed by atoms with Crippen molar-refractivity contribution in [2.75, 3.05) is 26.2 Å². The highest BCUT2D eigenvalue weighted by atomic mass is 19.4. The summed E-state index contributed by atoms with van der Waals surface area (Å²) < 4.78 is 42.4. The number of benzene rings is 3. The molecule has 2 aliphatic rings. The Morgan fingerprint density at radius 3 is 2.24 bits per heavy atom. The number of amides is 1. The zero-order chi connectivity index (χ0) is 31.6. The second-order valence-electron chi connectivity index (χ2n) is 12.2. The van der Waals surface area contributed by atoms with Gasteiger partial charge in [-0.2, -0.15) is 13.2 Å². The Morgan fingerprint density at radius 2 is 1.53 bits per heavy atom. The van der Waals surface area contributed by atoms with Crippen molar-refractivity contribution in [3.05, 3.63) is 78.0 Å². The predicted molar refractivity (Wildman–Crippen MR) is 168 cm³/mol. The number of pyridine rings is 1. The van der Waals surface area contributed by atoms with Crippen LogP contribution in [0.4, 0.5) is 13.2 Å². The van der Waals surface area contributed by atoms with Crippen molar-refractivity contribution in [2.45, 2.75) is 57.3 Å². The van der Waals surface area contributed by atoms with E-state index in [0.717, 1.165) is 52.4 Å². The molecule has 2 aliphatic heterocycles. The number of alkyl halides is 3. The van der Waals surface area contributed by atoms with E-state index in [4.69, 9.17) is 4.98 Å². The van der Waals surface area contributed by atoms with Gasteiger partial charge in [0, 0.05) is 30.1 Å². The fourth-order valence-electron chi connectivity index (χ4n) is 6.92. The summed E-state index contributed by atoms with van der Waals surface area (Å²) >= 11 is 0. The molecule has 2 fully saturated rings. The van der Waals surface area contributed by atoms with Crippen molar-refractivity contribution >= 4 is 33.4 Å². The quantitative estimate of drug-likeness (QED) is 0.222. The first-order valence-electron chi connectivity index (χ1n) is 15.6. The highest BCUT2D eigenvalue weighted by molar-refractivity contribution is 6.05. The monoisotopic (exact) mass is 618 g/mol. The molecule has 0 unspecified atom stereocenters. The Morgan fingerprint density at radius 1 is 0.889 bits per heavy atom. The molecule has 3 aromatic carbocycles. The molecule has 236 valence electrons. The Balaban J connectivity index is 1.33. The molecule has 45 heavy (non-hydrogen) atoms. The van der Waals surface area contributed by atoms with Gasteiger partial charge in [-0.1, -0.05) is 67.1 Å². The number of hydrogen-bond acceptors (Lipinski definition) is 5. The van der Waals surface area contributed by atoms with Gasteiger partial charge >= 0.3 is 12.1 Å². The molecule has 1 amide bonds. The molecule has 3 N–H and O–H groups in total. The number of nitrogens with zero attached hydrogens (tertiary/aromatic N) is 2. The molecule has 3 heterocycles. The van der Waals surface area contributed by atoms with Crippen LogP contribution in [0.15, 0.2) is 66.9 Å². The van der Waals surface area contributed by atoms with Gasteiger partial charge in [0.15, 0.2) is 0 Å². The van der Waals surface area contributed by atoms with Gasteiger partial charge in [0.1, 0.15) is 11.5 Å². The number of rotatable bonds is 8. The van der Waals surface area contributed by atoms with Gasteiger partial charge in [-0.25, -0.2) is 4.79 Å². The number of carboxylic acid groups (broad SMARTS) is 1. The Hall–Kier alpha value is -4.02. The van der Waals surface area contributed by atoms with Crippen LogP contribution in [0.3, 0.4) is 0 Å².